The van der Waals surface area contributed by atoms with Crippen LogP contribution >= 0.6 is 11.8 Å². The molecule has 0 spiro atoms. The van der Waals surface area contributed by atoms with Crippen LogP contribution in [0.5, 0.6) is 0 Å². The number of ether oxygens (including phenoxy) is 1. The Morgan fingerprint density at radius 3 is 2.83 bits per heavy atom. The highest BCUT2D eigenvalue weighted by atomic mass is 32.2. The van der Waals surface area contributed by atoms with Crippen LogP contribution in [-0.4, -0.2) is 49.1 Å². The first kappa shape index (κ1) is 15.9. The number of carbonyl (C=O) groups is 1. The van der Waals surface area contributed by atoms with Gasteiger partial charge in [-0.25, -0.2) is 14.9 Å². The lowest BCUT2D eigenvalue weighted by molar-refractivity contribution is -0.133. The zero-order valence-corrected chi connectivity index (χ0v) is 13.4. The highest BCUT2D eigenvalue weighted by Crippen LogP contribution is 2.24. The van der Waals surface area contributed by atoms with E-state index in [1.54, 1.807) is 6.07 Å². The fraction of sp³-hybridized carbons (Fsp3) is 0.143. The van der Waals surface area contributed by atoms with Crippen LogP contribution in [0.3, 0.4) is 0 Å². The third kappa shape index (κ3) is 3.18. The topological polar surface area (TPSA) is 143 Å². The molecule has 2 heterocycles. The summed E-state index contributed by atoms with van der Waals surface area (Å²) in [7, 11) is 1.24. The van der Waals surface area contributed by atoms with Crippen molar-refractivity contribution in [1.82, 2.24) is 25.1 Å². The summed E-state index contributed by atoms with van der Waals surface area (Å²) in [6.07, 6.45) is 0. The number of nitrogens with zero attached hydrogens (tertiary/aromatic N) is 3. The number of esters is 1. The summed E-state index contributed by atoms with van der Waals surface area (Å²) >= 11 is 1.12. The molecular formula is C14H14N6O3S. The van der Waals surface area contributed by atoms with Gasteiger partial charge < -0.3 is 20.6 Å². The maximum Gasteiger partial charge on any atom is 0.345 e. The summed E-state index contributed by atoms with van der Waals surface area (Å²) in [6, 6.07) is 7.29. The molecule has 1 aromatic carbocycles. The summed E-state index contributed by atoms with van der Waals surface area (Å²) in [4.78, 5) is 23.3. The minimum absolute atomic E-state index is 0.0373. The summed E-state index contributed by atoms with van der Waals surface area (Å²) in [5.41, 5.74) is 6.83. The van der Waals surface area contributed by atoms with Crippen LogP contribution in [0.15, 0.2) is 35.2 Å². The molecule has 0 saturated heterocycles. The molecule has 5 N–H and O–H groups in total. The second kappa shape index (κ2) is 6.62. The number of aliphatic hydroxyl groups excluding tert-OH is 1. The van der Waals surface area contributed by atoms with Gasteiger partial charge in [-0.2, -0.15) is 4.98 Å². The molecule has 3 aromatic rings. The quantitative estimate of drug-likeness (QED) is 0.235. The first-order chi connectivity index (χ1) is 11.6. The second-order valence-electron chi connectivity index (χ2n) is 4.71. The number of methoxy groups -OCH3 is 1. The summed E-state index contributed by atoms with van der Waals surface area (Å²) in [5.74, 6) is -0.434. The fourth-order valence-corrected chi connectivity index (χ4v) is 2.74. The third-order valence-electron chi connectivity index (χ3n) is 3.12. The highest BCUT2D eigenvalue weighted by molar-refractivity contribution is 7.99. The van der Waals surface area contributed by atoms with Crippen molar-refractivity contribution in [3.05, 3.63) is 35.8 Å². The zero-order chi connectivity index (χ0) is 17.1. The molecule has 0 amide bonds. The number of benzene rings is 1. The number of aliphatic hydroxyl groups is 1. The van der Waals surface area contributed by atoms with Gasteiger partial charge in [-0.05, 0) is 12.1 Å². The summed E-state index contributed by atoms with van der Waals surface area (Å²) in [5, 5.41) is 17.1. The van der Waals surface area contributed by atoms with Gasteiger partial charge in [0.1, 0.15) is 17.2 Å². The van der Waals surface area contributed by atoms with Crippen molar-refractivity contribution >= 4 is 40.3 Å². The van der Waals surface area contributed by atoms with Crippen LogP contribution in [0, 0.1) is 0 Å². The number of imidazole rings is 1. The molecule has 2 aromatic heterocycles. The number of aromatic amines is 2. The molecule has 0 bridgehead atoms. The average Bonchev–Trinajstić information content (AvgIpc) is 3.18. The number of rotatable bonds is 5. The molecule has 0 aliphatic heterocycles. The normalized spacial score (nSPS) is 12.2. The highest BCUT2D eigenvalue weighted by Gasteiger charge is 2.22. The Morgan fingerprint density at radius 1 is 1.38 bits per heavy atom. The second-order valence-corrected chi connectivity index (χ2v) is 5.65. The molecule has 124 valence electrons. The van der Waals surface area contributed by atoms with Crippen molar-refractivity contribution < 1.29 is 14.6 Å². The van der Waals surface area contributed by atoms with Crippen molar-refractivity contribution in [2.45, 2.75) is 5.16 Å². The third-order valence-corrected chi connectivity index (χ3v) is 3.98. The molecule has 0 aliphatic carbocycles. The minimum Gasteiger partial charge on any atom is -0.510 e. The van der Waals surface area contributed by atoms with Crippen LogP contribution in [0.25, 0.3) is 16.6 Å². The van der Waals surface area contributed by atoms with E-state index in [0.29, 0.717) is 10.7 Å². The molecule has 3 rings (SSSR count). The number of nitrogen functional groups attached to an aromatic ring is 1. The first-order valence-electron chi connectivity index (χ1n) is 6.84. The lowest BCUT2D eigenvalue weighted by atomic mass is 10.2. The van der Waals surface area contributed by atoms with Crippen LogP contribution in [0.2, 0.25) is 0 Å². The number of hydrogen-bond acceptors (Lipinski definition) is 8. The van der Waals surface area contributed by atoms with Crippen molar-refractivity contribution in [3.63, 3.8) is 0 Å². The SMILES string of the molecule is COC(=O)/C(=C(/O)CSc1n[nH]c(N)n1)c1nc2ccccc2[nH]1. The van der Waals surface area contributed by atoms with E-state index >= 15 is 0 Å². The predicted molar refractivity (Wildman–Crippen MR) is 89.2 cm³/mol. The van der Waals surface area contributed by atoms with Gasteiger partial charge in [-0.15, -0.1) is 5.10 Å². The Morgan fingerprint density at radius 2 is 2.17 bits per heavy atom. The van der Waals surface area contributed by atoms with E-state index in [4.69, 9.17) is 10.5 Å². The molecule has 0 atom stereocenters. The molecule has 10 heteroatoms. The van der Waals surface area contributed by atoms with Gasteiger partial charge in [-0.1, -0.05) is 23.9 Å². The van der Waals surface area contributed by atoms with Crippen molar-refractivity contribution in [3.8, 4) is 0 Å². The Bertz CT molecular complexity index is 883. The van der Waals surface area contributed by atoms with Gasteiger partial charge >= 0.3 is 5.97 Å². The molecule has 0 radical (unpaired) electrons. The van der Waals surface area contributed by atoms with E-state index in [2.05, 4.69) is 25.1 Å². The molecule has 24 heavy (non-hydrogen) atoms. The number of H-pyrrole nitrogens is 2. The van der Waals surface area contributed by atoms with Crippen LogP contribution in [-0.2, 0) is 9.53 Å². The van der Waals surface area contributed by atoms with Crippen molar-refractivity contribution in [2.24, 2.45) is 0 Å². The summed E-state index contributed by atoms with van der Waals surface area (Å²) < 4.78 is 4.76. The van der Waals surface area contributed by atoms with E-state index in [9.17, 15) is 9.90 Å². The number of anilines is 1. The number of aromatic nitrogens is 5. The maximum absolute atomic E-state index is 12.1. The number of thioether (sulfide) groups is 1. The number of nitrogens with two attached hydrogens (primary N) is 1. The van der Waals surface area contributed by atoms with E-state index in [-0.39, 0.29) is 28.9 Å². The van der Waals surface area contributed by atoms with E-state index in [1.807, 2.05) is 18.2 Å². The van der Waals surface area contributed by atoms with E-state index < -0.39 is 5.97 Å². The van der Waals surface area contributed by atoms with Gasteiger partial charge in [0.2, 0.25) is 11.1 Å². The zero-order valence-electron chi connectivity index (χ0n) is 12.6. The lowest BCUT2D eigenvalue weighted by Gasteiger charge is -2.06. The van der Waals surface area contributed by atoms with Gasteiger partial charge in [0.05, 0.1) is 23.9 Å². The predicted octanol–water partition coefficient (Wildman–Crippen LogP) is 1.50. The van der Waals surface area contributed by atoms with Gasteiger partial charge in [-0.3, -0.25) is 0 Å². The first-order valence-corrected chi connectivity index (χ1v) is 7.83. The molecule has 0 aliphatic rings. The average molecular weight is 346 g/mol. The number of para-hydroxylation sites is 2. The summed E-state index contributed by atoms with van der Waals surface area (Å²) in [6.45, 7) is 0. The Hall–Kier alpha value is -3.01. The van der Waals surface area contributed by atoms with Gasteiger partial charge in [0, 0.05) is 0 Å². The van der Waals surface area contributed by atoms with Gasteiger partial charge in [0.15, 0.2) is 0 Å². The van der Waals surface area contributed by atoms with E-state index in [0.717, 1.165) is 17.3 Å². The fourth-order valence-electron chi connectivity index (χ4n) is 2.05. The van der Waals surface area contributed by atoms with Crippen molar-refractivity contribution in [2.75, 3.05) is 18.6 Å². The smallest absolute Gasteiger partial charge is 0.345 e. The maximum atomic E-state index is 12.1. The van der Waals surface area contributed by atoms with Gasteiger partial charge in [0.25, 0.3) is 0 Å². The Labute approximate surface area is 140 Å². The molecule has 0 saturated carbocycles. The minimum atomic E-state index is -0.693. The van der Waals surface area contributed by atoms with Crippen molar-refractivity contribution in [1.29, 1.82) is 0 Å². The van der Waals surface area contributed by atoms with Crippen LogP contribution < -0.4 is 5.73 Å². The number of fused-ring (bicyclic) bond motifs is 1. The lowest BCUT2D eigenvalue weighted by Crippen LogP contribution is -2.09. The molecule has 0 fully saturated rings. The largest absolute Gasteiger partial charge is 0.510 e. The molecule has 0 unspecified atom stereocenters. The standard InChI is InChI=1S/C14H14N6O3S/c1-23-12(22)10(9(21)6-24-14-18-13(15)19-20-14)11-16-7-4-2-3-5-8(7)17-11/h2-5,21H,6H2,1H3,(H,16,17)(H3,15,18,19,20)/b10-9+. The Balaban J connectivity index is 1.93. The van der Waals surface area contributed by atoms with Crippen LogP contribution in [0.4, 0.5) is 5.95 Å². The Kier molecular flexibility index (Phi) is 4.38. The number of hydrogen-bond donors (Lipinski definition) is 4. The molecule has 9 nitrogen and oxygen atoms in total. The monoisotopic (exact) mass is 346 g/mol. The van der Waals surface area contributed by atoms with E-state index in [1.165, 1.54) is 7.11 Å². The van der Waals surface area contributed by atoms with Crippen LogP contribution in [0.1, 0.15) is 5.82 Å². The molecular weight excluding hydrogens is 332 g/mol. The number of nitrogens with one attached hydrogen (secondary N) is 2. The number of carbonyl (C=O) groups excluding carboxylic acids is 1.